The summed E-state index contributed by atoms with van der Waals surface area (Å²) in [4.78, 5) is 10.6. The number of imidazole rings is 1. The molecule has 0 aliphatic carbocycles. The molecule has 2 aromatic rings. The van der Waals surface area contributed by atoms with Crippen LogP contribution >= 0.6 is 22.6 Å². The van der Waals surface area contributed by atoms with E-state index in [1.807, 2.05) is 31.5 Å². The molecule has 5 nitrogen and oxygen atoms in total. The number of hydrogen-bond donors (Lipinski definition) is 1. The van der Waals surface area contributed by atoms with Gasteiger partial charge in [-0.15, -0.1) is 0 Å². The zero-order valence-electron chi connectivity index (χ0n) is 8.82. The van der Waals surface area contributed by atoms with E-state index in [2.05, 4.69) is 32.6 Å². The Kier molecular flexibility index (Phi) is 2.49. The Balaban J connectivity index is 2.90. The summed E-state index contributed by atoms with van der Waals surface area (Å²) in [5, 5.41) is 0. The lowest BCUT2D eigenvalue weighted by molar-refractivity contribution is 0.945. The van der Waals surface area contributed by atoms with Crippen molar-refractivity contribution in [3.8, 4) is 0 Å². The van der Waals surface area contributed by atoms with Crippen molar-refractivity contribution in [1.29, 1.82) is 0 Å². The molecule has 7 heteroatoms. The lowest BCUT2D eigenvalue weighted by Gasteiger charge is -2.14. The van der Waals surface area contributed by atoms with Gasteiger partial charge < -0.3 is 15.1 Å². The molecule has 0 saturated carbocycles. The second-order valence-electron chi connectivity index (χ2n) is 3.58. The number of aryl methyl sites for hydroxylation is 1. The fourth-order valence-corrected chi connectivity index (χ4v) is 2.26. The largest absolute Gasteiger partial charge is 0.408 e. The number of fused-ring (bicyclic) bond motifs is 1. The van der Waals surface area contributed by atoms with Crippen LogP contribution in [0.15, 0.2) is 6.33 Å². The highest BCUT2D eigenvalue weighted by Crippen LogP contribution is 2.29. The molecule has 0 saturated heterocycles. The first-order valence-electron chi connectivity index (χ1n) is 4.45. The Morgan fingerprint density at radius 1 is 1.60 bits per heavy atom. The number of rotatable bonds is 1. The molecular weight excluding hydrogens is 304 g/mol. The summed E-state index contributed by atoms with van der Waals surface area (Å²) in [6.07, 6.45) is 1.78. The van der Waals surface area contributed by atoms with Crippen LogP contribution in [-0.2, 0) is 7.05 Å². The zero-order valence-corrected chi connectivity index (χ0v) is 11.0. The van der Waals surface area contributed by atoms with E-state index in [9.17, 15) is 0 Å². The maximum absolute atomic E-state index is 5.87. The zero-order chi connectivity index (χ0) is 11.2. The molecule has 0 radical (unpaired) electrons. The third-order valence-corrected chi connectivity index (χ3v) is 3.30. The lowest BCUT2D eigenvalue weighted by atomic mass is 10.3. The first kappa shape index (κ1) is 10.5. The van der Waals surface area contributed by atoms with Crippen LogP contribution in [0, 0.1) is 3.57 Å². The summed E-state index contributed by atoms with van der Waals surface area (Å²) < 4.78 is 2.91. The fraction of sp³-hybridized carbons (Fsp3) is 0.250. The summed E-state index contributed by atoms with van der Waals surface area (Å²) in [5.41, 5.74) is 7.79. The van der Waals surface area contributed by atoms with E-state index >= 15 is 0 Å². The van der Waals surface area contributed by atoms with Crippen molar-refractivity contribution in [2.24, 2.45) is 7.05 Å². The Labute approximate surface area is 102 Å². The second-order valence-corrected chi connectivity index (χ2v) is 4.66. The van der Waals surface area contributed by atoms with E-state index in [0.29, 0.717) is 5.82 Å². The molecule has 0 unspecified atom stereocenters. The van der Waals surface area contributed by atoms with Crippen LogP contribution < -0.4 is 10.5 Å². The number of nitrogens with zero attached hydrogens (tertiary/aromatic N) is 4. The highest BCUT2D eigenvalue weighted by molar-refractivity contribution is 14.1. The predicted molar refractivity (Wildman–Crippen MR) is 72.6 cm³/mol. The monoisotopic (exact) mass is 315 g/mol. The maximum Gasteiger partial charge on any atom is 0.219 e. The summed E-state index contributed by atoms with van der Waals surface area (Å²) in [6.45, 7) is 0. The SMILES string of the molecule is BN(C)c1nc(N)c(I)c2c1ncn2C. The molecule has 0 spiro atoms. The van der Waals surface area contributed by atoms with Crippen LogP contribution in [-0.4, -0.2) is 29.6 Å². The molecule has 15 heavy (non-hydrogen) atoms. The number of halogens is 1. The molecule has 2 heterocycles. The summed E-state index contributed by atoms with van der Waals surface area (Å²) >= 11 is 2.20. The fourth-order valence-electron chi connectivity index (χ4n) is 1.50. The highest BCUT2D eigenvalue weighted by Gasteiger charge is 2.15. The standard InChI is InChI=1S/C8H11BIN5/c1-14-3-12-5-6(14)4(10)7(11)13-8(5)15(2)9/h3H,9H2,1-2H3,(H2,11,13). The van der Waals surface area contributed by atoms with Gasteiger partial charge in [-0.2, -0.15) is 0 Å². The number of pyridine rings is 1. The van der Waals surface area contributed by atoms with Gasteiger partial charge in [0.1, 0.15) is 17.2 Å². The van der Waals surface area contributed by atoms with Crippen molar-refractivity contribution in [1.82, 2.24) is 14.5 Å². The molecule has 0 fully saturated rings. The van der Waals surface area contributed by atoms with Crippen molar-refractivity contribution in [3.05, 3.63) is 9.90 Å². The number of nitrogens with two attached hydrogens (primary N) is 1. The van der Waals surface area contributed by atoms with Crippen LogP contribution in [0.1, 0.15) is 0 Å². The minimum atomic E-state index is 0.551. The number of nitrogen functional groups attached to an aromatic ring is 1. The quantitative estimate of drug-likeness (QED) is 0.601. The normalized spacial score (nSPS) is 10.9. The minimum absolute atomic E-state index is 0.551. The van der Waals surface area contributed by atoms with Crippen molar-refractivity contribution >= 4 is 53.2 Å². The Morgan fingerprint density at radius 3 is 2.87 bits per heavy atom. The van der Waals surface area contributed by atoms with Gasteiger partial charge in [-0.05, 0) is 29.6 Å². The van der Waals surface area contributed by atoms with Gasteiger partial charge >= 0.3 is 0 Å². The molecule has 78 valence electrons. The third-order valence-electron chi connectivity index (χ3n) is 2.23. The topological polar surface area (TPSA) is 60.0 Å². The van der Waals surface area contributed by atoms with Gasteiger partial charge in [0.15, 0.2) is 0 Å². The van der Waals surface area contributed by atoms with E-state index in [4.69, 9.17) is 5.73 Å². The van der Waals surface area contributed by atoms with Gasteiger partial charge in [0, 0.05) is 7.05 Å². The van der Waals surface area contributed by atoms with Gasteiger partial charge in [0.25, 0.3) is 0 Å². The average Bonchev–Trinajstić information content (AvgIpc) is 2.54. The van der Waals surface area contributed by atoms with E-state index in [1.165, 1.54) is 0 Å². The molecule has 0 atom stereocenters. The van der Waals surface area contributed by atoms with E-state index < -0.39 is 0 Å². The van der Waals surface area contributed by atoms with Gasteiger partial charge in [-0.1, -0.05) is 0 Å². The maximum atomic E-state index is 5.87. The number of anilines is 2. The van der Waals surface area contributed by atoms with Crippen LogP contribution in [0.2, 0.25) is 0 Å². The third kappa shape index (κ3) is 1.54. The van der Waals surface area contributed by atoms with Crippen LogP contribution in [0.3, 0.4) is 0 Å². The Bertz CT molecular complexity index is 521. The van der Waals surface area contributed by atoms with E-state index in [-0.39, 0.29) is 0 Å². The first-order chi connectivity index (χ1) is 7.02. The molecule has 2 N–H and O–H groups in total. The molecular formula is C8H11BIN5. The molecule has 0 aliphatic rings. The highest BCUT2D eigenvalue weighted by atomic mass is 127. The van der Waals surface area contributed by atoms with Gasteiger partial charge in [-0.25, -0.2) is 9.97 Å². The molecule has 2 aromatic heterocycles. The van der Waals surface area contributed by atoms with Gasteiger partial charge in [-0.3, -0.25) is 0 Å². The summed E-state index contributed by atoms with van der Waals surface area (Å²) in [6, 6.07) is 0. The second kappa shape index (κ2) is 3.55. The average molecular weight is 315 g/mol. The number of hydrogen-bond acceptors (Lipinski definition) is 4. The Morgan fingerprint density at radius 2 is 2.27 bits per heavy atom. The van der Waals surface area contributed by atoms with Crippen molar-refractivity contribution in [2.45, 2.75) is 0 Å². The van der Waals surface area contributed by atoms with Gasteiger partial charge in [0.2, 0.25) is 7.98 Å². The van der Waals surface area contributed by atoms with Crippen molar-refractivity contribution in [3.63, 3.8) is 0 Å². The van der Waals surface area contributed by atoms with Crippen molar-refractivity contribution in [2.75, 3.05) is 17.6 Å². The minimum Gasteiger partial charge on any atom is -0.408 e. The molecule has 0 amide bonds. The van der Waals surface area contributed by atoms with E-state index in [0.717, 1.165) is 20.4 Å². The summed E-state index contributed by atoms with van der Waals surface area (Å²) in [5.74, 6) is 1.36. The van der Waals surface area contributed by atoms with Crippen LogP contribution in [0.4, 0.5) is 11.6 Å². The van der Waals surface area contributed by atoms with Crippen LogP contribution in [0.5, 0.6) is 0 Å². The van der Waals surface area contributed by atoms with Crippen LogP contribution in [0.25, 0.3) is 11.0 Å². The molecule has 0 bridgehead atoms. The predicted octanol–water partition coefficient (Wildman–Crippen LogP) is 0.139. The molecule has 0 aromatic carbocycles. The van der Waals surface area contributed by atoms with E-state index in [1.54, 1.807) is 6.33 Å². The first-order valence-corrected chi connectivity index (χ1v) is 5.53. The smallest absolute Gasteiger partial charge is 0.219 e. The summed E-state index contributed by atoms with van der Waals surface area (Å²) in [7, 11) is 5.82. The van der Waals surface area contributed by atoms with Crippen molar-refractivity contribution < 1.29 is 0 Å². The molecule has 2 rings (SSSR count). The molecule has 0 aliphatic heterocycles. The lowest BCUT2D eigenvalue weighted by Crippen LogP contribution is -2.15. The van der Waals surface area contributed by atoms with Gasteiger partial charge in [0.05, 0.1) is 15.4 Å². The Hall–Kier alpha value is -0.985. The number of aromatic nitrogens is 3.